The van der Waals surface area contributed by atoms with Gasteiger partial charge in [-0.1, -0.05) is 54.1 Å². The van der Waals surface area contributed by atoms with Crippen molar-refractivity contribution in [1.29, 1.82) is 0 Å². The van der Waals surface area contributed by atoms with Gasteiger partial charge in [-0.2, -0.15) is 10.1 Å². The minimum absolute atomic E-state index is 0.280. The Balaban J connectivity index is 1.84. The predicted octanol–water partition coefficient (Wildman–Crippen LogP) is 2.58. The van der Waals surface area contributed by atoms with Gasteiger partial charge >= 0.3 is 5.69 Å². The molecule has 2 heterocycles. The Bertz CT molecular complexity index is 1370. The van der Waals surface area contributed by atoms with E-state index in [4.69, 9.17) is 11.6 Å². The van der Waals surface area contributed by atoms with Crippen LogP contribution in [0.4, 0.5) is 5.95 Å². The molecular formula is C21H19ClN6O2. The van der Waals surface area contributed by atoms with Crippen molar-refractivity contribution >= 4 is 34.9 Å². The molecule has 0 saturated carbocycles. The van der Waals surface area contributed by atoms with Gasteiger partial charge in [0.15, 0.2) is 11.2 Å². The molecule has 0 fully saturated rings. The van der Waals surface area contributed by atoms with Crippen molar-refractivity contribution in [1.82, 2.24) is 18.7 Å². The Morgan fingerprint density at radius 2 is 1.83 bits per heavy atom. The Kier molecular flexibility index (Phi) is 5.24. The maximum atomic E-state index is 12.9. The number of hydrazone groups is 1. The second-order valence-electron chi connectivity index (χ2n) is 6.81. The Labute approximate surface area is 176 Å². The van der Waals surface area contributed by atoms with Crippen LogP contribution >= 0.6 is 11.6 Å². The molecule has 4 rings (SSSR count). The van der Waals surface area contributed by atoms with Crippen LogP contribution in [0.5, 0.6) is 0 Å². The van der Waals surface area contributed by atoms with E-state index in [2.05, 4.69) is 15.5 Å². The molecule has 9 heteroatoms. The van der Waals surface area contributed by atoms with E-state index in [0.717, 1.165) is 15.7 Å². The summed E-state index contributed by atoms with van der Waals surface area (Å²) in [6.45, 7) is 0.327. The van der Waals surface area contributed by atoms with Crippen molar-refractivity contribution < 1.29 is 0 Å². The fraction of sp³-hybridized carbons (Fsp3) is 0.143. The molecule has 0 amide bonds. The summed E-state index contributed by atoms with van der Waals surface area (Å²) in [6, 6.07) is 16.9. The average Bonchev–Trinajstić information content (AvgIpc) is 3.10. The van der Waals surface area contributed by atoms with Gasteiger partial charge in [-0.25, -0.2) is 10.2 Å². The molecule has 30 heavy (non-hydrogen) atoms. The molecule has 0 aliphatic rings. The van der Waals surface area contributed by atoms with Crippen molar-refractivity contribution in [2.24, 2.45) is 19.2 Å². The molecule has 2 aromatic carbocycles. The number of hydrogen-bond acceptors (Lipinski definition) is 5. The van der Waals surface area contributed by atoms with E-state index in [9.17, 15) is 9.59 Å². The zero-order valence-corrected chi connectivity index (χ0v) is 17.2. The van der Waals surface area contributed by atoms with Gasteiger partial charge < -0.3 is 0 Å². The summed E-state index contributed by atoms with van der Waals surface area (Å²) in [5.41, 5.74) is 4.40. The minimum Gasteiger partial charge on any atom is -0.298 e. The fourth-order valence-corrected chi connectivity index (χ4v) is 3.42. The topological polar surface area (TPSA) is 86.2 Å². The molecule has 0 unspecified atom stereocenters. The molecule has 8 nitrogen and oxygen atoms in total. The lowest BCUT2D eigenvalue weighted by atomic mass is 10.2. The smallest absolute Gasteiger partial charge is 0.298 e. The summed E-state index contributed by atoms with van der Waals surface area (Å²) in [5.74, 6) is 0.343. The average molecular weight is 423 g/mol. The van der Waals surface area contributed by atoms with Crippen LogP contribution in [-0.2, 0) is 20.6 Å². The third kappa shape index (κ3) is 3.65. The van der Waals surface area contributed by atoms with E-state index in [1.54, 1.807) is 23.9 Å². The highest BCUT2D eigenvalue weighted by Crippen LogP contribution is 2.19. The van der Waals surface area contributed by atoms with Crippen molar-refractivity contribution in [2.75, 3.05) is 5.43 Å². The lowest BCUT2D eigenvalue weighted by molar-refractivity contribution is 0.702. The minimum atomic E-state index is -0.445. The number of nitrogens with zero attached hydrogens (tertiary/aromatic N) is 5. The Morgan fingerprint density at radius 3 is 2.57 bits per heavy atom. The van der Waals surface area contributed by atoms with Crippen LogP contribution in [0.1, 0.15) is 11.1 Å². The first-order valence-corrected chi connectivity index (χ1v) is 9.58. The highest BCUT2D eigenvalue weighted by Gasteiger charge is 2.19. The lowest BCUT2D eigenvalue weighted by Gasteiger charge is -2.09. The first kappa shape index (κ1) is 19.7. The van der Waals surface area contributed by atoms with Gasteiger partial charge in [0.05, 0.1) is 12.8 Å². The summed E-state index contributed by atoms with van der Waals surface area (Å²) in [5, 5.41) is 4.84. The summed E-state index contributed by atoms with van der Waals surface area (Å²) in [4.78, 5) is 29.7. The van der Waals surface area contributed by atoms with E-state index < -0.39 is 11.2 Å². The molecule has 2 aromatic heterocycles. The number of aromatic nitrogens is 4. The van der Waals surface area contributed by atoms with Crippen LogP contribution in [0, 0.1) is 0 Å². The van der Waals surface area contributed by atoms with Crippen molar-refractivity contribution in [3.05, 3.63) is 91.6 Å². The number of aryl methyl sites for hydroxylation is 1. The van der Waals surface area contributed by atoms with Crippen LogP contribution < -0.4 is 16.7 Å². The lowest BCUT2D eigenvalue weighted by Crippen LogP contribution is -2.37. The van der Waals surface area contributed by atoms with E-state index in [0.29, 0.717) is 23.0 Å². The number of halogens is 1. The number of benzene rings is 2. The molecule has 0 aliphatic heterocycles. The number of fused-ring (bicyclic) bond motifs is 1. The third-order valence-electron chi connectivity index (χ3n) is 4.76. The third-order valence-corrected chi connectivity index (χ3v) is 4.99. The second-order valence-corrected chi connectivity index (χ2v) is 7.25. The first-order valence-electron chi connectivity index (χ1n) is 9.20. The number of hydrogen-bond donors (Lipinski definition) is 1. The van der Waals surface area contributed by atoms with Crippen molar-refractivity contribution in [3.8, 4) is 0 Å². The van der Waals surface area contributed by atoms with Gasteiger partial charge in [-0.15, -0.1) is 0 Å². The van der Waals surface area contributed by atoms with Gasteiger partial charge in [-0.05, 0) is 23.3 Å². The maximum absolute atomic E-state index is 12.9. The zero-order valence-electron chi connectivity index (χ0n) is 16.4. The quantitative estimate of drug-likeness (QED) is 0.395. The largest absolute Gasteiger partial charge is 0.332 e. The number of nitrogens with one attached hydrogen (secondary N) is 1. The summed E-state index contributed by atoms with van der Waals surface area (Å²) in [7, 11) is 3.03. The molecule has 0 saturated heterocycles. The number of rotatable bonds is 5. The number of imidazole rings is 1. The molecule has 152 valence electrons. The van der Waals surface area contributed by atoms with Crippen LogP contribution in [0.25, 0.3) is 11.2 Å². The standard InChI is InChI=1S/C21H19ClN6O2/c1-26-18-17(19(29)27(2)21(26)30)28(13-15-9-6-10-16(22)11-15)20(24-18)25-23-12-14-7-4-3-5-8-14/h3-12H,13H2,1-2H3,(H,24,25)/b23-12+. The van der Waals surface area contributed by atoms with Crippen LogP contribution in [0.15, 0.2) is 69.3 Å². The van der Waals surface area contributed by atoms with Gasteiger partial charge in [-0.3, -0.25) is 18.5 Å². The molecule has 0 radical (unpaired) electrons. The van der Waals surface area contributed by atoms with Gasteiger partial charge in [0.2, 0.25) is 5.95 Å². The molecule has 0 bridgehead atoms. The van der Waals surface area contributed by atoms with Crippen LogP contribution in [0.3, 0.4) is 0 Å². The maximum Gasteiger partial charge on any atom is 0.332 e. The van der Waals surface area contributed by atoms with Gasteiger partial charge in [0.1, 0.15) is 0 Å². The van der Waals surface area contributed by atoms with Crippen molar-refractivity contribution in [3.63, 3.8) is 0 Å². The SMILES string of the molecule is Cn1c(=O)c2c(nc(N/N=C/c3ccccc3)n2Cc2cccc(Cl)c2)n(C)c1=O. The number of anilines is 1. The van der Waals surface area contributed by atoms with E-state index in [-0.39, 0.29) is 5.65 Å². The predicted molar refractivity (Wildman–Crippen MR) is 118 cm³/mol. The molecule has 4 aromatic rings. The molecule has 0 aliphatic carbocycles. The summed E-state index contributed by atoms with van der Waals surface area (Å²) in [6.07, 6.45) is 1.65. The molecule has 0 atom stereocenters. The fourth-order valence-electron chi connectivity index (χ4n) is 3.21. The van der Waals surface area contributed by atoms with E-state index in [1.807, 2.05) is 48.5 Å². The van der Waals surface area contributed by atoms with Gasteiger partial charge in [0.25, 0.3) is 5.56 Å². The second kappa shape index (κ2) is 8.00. The van der Waals surface area contributed by atoms with Gasteiger partial charge in [0, 0.05) is 19.1 Å². The summed E-state index contributed by atoms with van der Waals surface area (Å²) < 4.78 is 4.11. The first-order chi connectivity index (χ1) is 14.5. The van der Waals surface area contributed by atoms with E-state index >= 15 is 0 Å². The molecule has 1 N–H and O–H groups in total. The zero-order chi connectivity index (χ0) is 21.3. The Hall–Kier alpha value is -3.65. The van der Waals surface area contributed by atoms with Crippen molar-refractivity contribution in [2.45, 2.75) is 6.54 Å². The monoisotopic (exact) mass is 422 g/mol. The summed E-state index contributed by atoms with van der Waals surface area (Å²) >= 11 is 6.12. The normalized spacial score (nSPS) is 11.4. The molecule has 0 spiro atoms. The van der Waals surface area contributed by atoms with E-state index in [1.165, 1.54) is 11.6 Å². The molecular weight excluding hydrogens is 404 g/mol. The Morgan fingerprint density at radius 1 is 1.07 bits per heavy atom. The van der Waals surface area contributed by atoms with Crippen LogP contribution in [0.2, 0.25) is 5.02 Å². The van der Waals surface area contributed by atoms with Crippen LogP contribution in [-0.4, -0.2) is 24.9 Å². The highest BCUT2D eigenvalue weighted by molar-refractivity contribution is 6.30. The highest BCUT2D eigenvalue weighted by atomic mass is 35.5.